The maximum atomic E-state index is 11.5. The van der Waals surface area contributed by atoms with Crippen molar-refractivity contribution in [2.75, 3.05) is 12.4 Å². The van der Waals surface area contributed by atoms with Crippen molar-refractivity contribution in [3.05, 3.63) is 11.6 Å². The van der Waals surface area contributed by atoms with Gasteiger partial charge in [-0.25, -0.2) is 4.98 Å². The topological polar surface area (TPSA) is 68.3 Å². The van der Waals surface area contributed by atoms with Crippen molar-refractivity contribution < 1.29 is 14.3 Å². The number of nitrogens with one attached hydrogen (secondary N) is 1. The van der Waals surface area contributed by atoms with Gasteiger partial charge in [0.25, 0.3) is 0 Å². The molecule has 0 saturated heterocycles. The molecular formula is C13H20N2O3S. The highest BCUT2D eigenvalue weighted by Crippen LogP contribution is 2.12. The molecule has 0 radical (unpaired) electrons. The van der Waals surface area contributed by atoms with E-state index in [4.69, 9.17) is 0 Å². The summed E-state index contributed by atoms with van der Waals surface area (Å²) in [4.78, 5) is 26.4. The third kappa shape index (κ3) is 7.56. The van der Waals surface area contributed by atoms with Gasteiger partial charge in [0, 0.05) is 24.4 Å². The zero-order valence-corrected chi connectivity index (χ0v) is 12.0. The van der Waals surface area contributed by atoms with Crippen LogP contribution < -0.4 is 5.32 Å². The predicted molar refractivity (Wildman–Crippen MR) is 75.1 cm³/mol. The van der Waals surface area contributed by atoms with Gasteiger partial charge in [-0.05, 0) is 12.8 Å². The van der Waals surface area contributed by atoms with E-state index < -0.39 is 0 Å². The number of hydrogen-bond donors (Lipinski definition) is 1. The van der Waals surface area contributed by atoms with Crippen LogP contribution in [0.3, 0.4) is 0 Å². The Labute approximate surface area is 117 Å². The van der Waals surface area contributed by atoms with Crippen LogP contribution in [-0.4, -0.2) is 24.0 Å². The average Bonchev–Trinajstić information content (AvgIpc) is 2.90. The molecule has 0 saturated carbocycles. The number of carbonyl (C=O) groups excluding carboxylic acids is 2. The van der Waals surface area contributed by atoms with Crippen LogP contribution in [-0.2, 0) is 14.3 Å². The van der Waals surface area contributed by atoms with Crippen molar-refractivity contribution in [3.8, 4) is 0 Å². The number of aromatic nitrogens is 1. The predicted octanol–water partition coefficient (Wildman–Crippen LogP) is 2.99. The van der Waals surface area contributed by atoms with E-state index in [2.05, 4.69) is 15.0 Å². The Kier molecular flexibility index (Phi) is 7.81. The number of unbranched alkanes of at least 4 members (excludes halogenated alkanes) is 4. The summed E-state index contributed by atoms with van der Waals surface area (Å²) in [5, 5.41) is 5.24. The van der Waals surface area contributed by atoms with Crippen LogP contribution in [0, 0.1) is 0 Å². The minimum Gasteiger partial charge on any atom is -0.469 e. The summed E-state index contributed by atoms with van der Waals surface area (Å²) < 4.78 is 4.56. The summed E-state index contributed by atoms with van der Waals surface area (Å²) in [7, 11) is 1.41. The van der Waals surface area contributed by atoms with E-state index in [9.17, 15) is 9.59 Å². The molecule has 0 aromatic carbocycles. The second-order valence-electron chi connectivity index (χ2n) is 4.23. The minimum absolute atomic E-state index is 0.0181. The number of anilines is 1. The lowest BCUT2D eigenvalue weighted by Gasteiger charge is -2.02. The summed E-state index contributed by atoms with van der Waals surface area (Å²) in [5.41, 5.74) is 0. The highest BCUT2D eigenvalue weighted by atomic mass is 32.1. The standard InChI is InChI=1S/C13H20N2O3S/c1-18-12(17)8-6-4-2-3-5-7-11(16)15-13-14-9-10-19-13/h9-10H,2-8H2,1H3,(H,14,15,16). The van der Waals surface area contributed by atoms with Gasteiger partial charge >= 0.3 is 5.97 Å². The van der Waals surface area contributed by atoms with E-state index in [0.717, 1.165) is 32.1 Å². The first-order valence-corrected chi connectivity index (χ1v) is 7.36. The first-order chi connectivity index (χ1) is 9.22. The molecule has 0 fully saturated rings. The second-order valence-corrected chi connectivity index (χ2v) is 5.12. The molecule has 106 valence electrons. The molecule has 1 N–H and O–H groups in total. The Morgan fingerprint density at radius 2 is 1.89 bits per heavy atom. The lowest BCUT2D eigenvalue weighted by atomic mass is 10.1. The van der Waals surface area contributed by atoms with E-state index >= 15 is 0 Å². The molecule has 0 aliphatic carbocycles. The molecule has 1 aromatic rings. The Hall–Kier alpha value is -1.43. The number of amides is 1. The molecule has 0 bridgehead atoms. The molecule has 1 rings (SSSR count). The molecule has 0 aliphatic rings. The van der Waals surface area contributed by atoms with Crippen molar-refractivity contribution in [1.82, 2.24) is 4.98 Å². The maximum absolute atomic E-state index is 11.5. The van der Waals surface area contributed by atoms with Crippen molar-refractivity contribution in [2.24, 2.45) is 0 Å². The zero-order valence-electron chi connectivity index (χ0n) is 11.2. The van der Waals surface area contributed by atoms with Crippen molar-refractivity contribution in [2.45, 2.75) is 44.9 Å². The first-order valence-electron chi connectivity index (χ1n) is 6.48. The Balaban J connectivity index is 1.93. The fourth-order valence-corrected chi connectivity index (χ4v) is 2.20. The fourth-order valence-electron chi connectivity index (χ4n) is 1.65. The SMILES string of the molecule is COC(=O)CCCCCCCC(=O)Nc1nccs1. The van der Waals surface area contributed by atoms with Gasteiger partial charge in [0.05, 0.1) is 7.11 Å². The minimum atomic E-state index is -0.150. The number of esters is 1. The van der Waals surface area contributed by atoms with E-state index in [1.165, 1.54) is 18.4 Å². The van der Waals surface area contributed by atoms with E-state index in [-0.39, 0.29) is 11.9 Å². The summed E-state index contributed by atoms with van der Waals surface area (Å²) in [5.74, 6) is -0.132. The summed E-state index contributed by atoms with van der Waals surface area (Å²) in [6.07, 6.45) is 7.46. The molecule has 19 heavy (non-hydrogen) atoms. The fraction of sp³-hybridized carbons (Fsp3) is 0.615. The van der Waals surface area contributed by atoms with Gasteiger partial charge < -0.3 is 10.1 Å². The average molecular weight is 284 g/mol. The van der Waals surface area contributed by atoms with Crippen LogP contribution in [0.15, 0.2) is 11.6 Å². The summed E-state index contributed by atoms with van der Waals surface area (Å²) in [6, 6.07) is 0. The number of thiazole rings is 1. The van der Waals surface area contributed by atoms with Crippen LogP contribution in [0.5, 0.6) is 0 Å². The van der Waals surface area contributed by atoms with Crippen molar-refractivity contribution >= 4 is 28.3 Å². The molecule has 0 spiro atoms. The quantitative estimate of drug-likeness (QED) is 0.559. The molecule has 5 nitrogen and oxygen atoms in total. The smallest absolute Gasteiger partial charge is 0.305 e. The Bertz CT molecular complexity index is 379. The van der Waals surface area contributed by atoms with Crippen LogP contribution >= 0.6 is 11.3 Å². The normalized spacial score (nSPS) is 10.2. The number of carbonyl (C=O) groups is 2. The Morgan fingerprint density at radius 3 is 2.53 bits per heavy atom. The van der Waals surface area contributed by atoms with Crippen LogP contribution in [0.1, 0.15) is 44.9 Å². The van der Waals surface area contributed by atoms with E-state index in [1.54, 1.807) is 6.20 Å². The van der Waals surface area contributed by atoms with Crippen LogP contribution in [0.4, 0.5) is 5.13 Å². The maximum Gasteiger partial charge on any atom is 0.305 e. The highest BCUT2D eigenvalue weighted by molar-refractivity contribution is 7.13. The van der Waals surface area contributed by atoms with Crippen LogP contribution in [0.25, 0.3) is 0 Å². The van der Waals surface area contributed by atoms with Gasteiger partial charge in [-0.2, -0.15) is 0 Å². The lowest BCUT2D eigenvalue weighted by molar-refractivity contribution is -0.140. The largest absolute Gasteiger partial charge is 0.469 e. The number of ether oxygens (including phenoxy) is 1. The van der Waals surface area contributed by atoms with Crippen LogP contribution in [0.2, 0.25) is 0 Å². The highest BCUT2D eigenvalue weighted by Gasteiger charge is 2.04. The summed E-state index contributed by atoms with van der Waals surface area (Å²) in [6.45, 7) is 0. The number of rotatable bonds is 9. The third-order valence-electron chi connectivity index (χ3n) is 2.69. The molecule has 1 amide bonds. The molecule has 1 heterocycles. The molecule has 1 aromatic heterocycles. The summed E-state index contributed by atoms with van der Waals surface area (Å²) >= 11 is 1.42. The Morgan fingerprint density at radius 1 is 1.21 bits per heavy atom. The molecular weight excluding hydrogens is 264 g/mol. The van der Waals surface area contributed by atoms with Gasteiger partial charge in [0.2, 0.25) is 5.91 Å². The number of hydrogen-bond acceptors (Lipinski definition) is 5. The van der Waals surface area contributed by atoms with E-state index in [1.807, 2.05) is 5.38 Å². The van der Waals surface area contributed by atoms with E-state index in [0.29, 0.717) is 18.0 Å². The monoisotopic (exact) mass is 284 g/mol. The van der Waals surface area contributed by atoms with Gasteiger partial charge in [-0.3, -0.25) is 9.59 Å². The van der Waals surface area contributed by atoms with Gasteiger partial charge in [-0.15, -0.1) is 11.3 Å². The van der Waals surface area contributed by atoms with Gasteiger partial charge in [0.15, 0.2) is 5.13 Å². The number of nitrogens with zero attached hydrogens (tertiary/aromatic N) is 1. The molecule has 0 atom stereocenters. The third-order valence-corrected chi connectivity index (χ3v) is 3.38. The molecule has 0 aliphatic heterocycles. The van der Waals surface area contributed by atoms with Gasteiger partial charge in [0.1, 0.15) is 0 Å². The molecule has 6 heteroatoms. The second kappa shape index (κ2) is 9.49. The first kappa shape index (κ1) is 15.6. The zero-order chi connectivity index (χ0) is 13.9. The lowest BCUT2D eigenvalue weighted by Crippen LogP contribution is -2.10. The van der Waals surface area contributed by atoms with Crippen molar-refractivity contribution in [1.29, 1.82) is 0 Å². The number of methoxy groups -OCH3 is 1. The van der Waals surface area contributed by atoms with Gasteiger partial charge in [-0.1, -0.05) is 19.3 Å². The van der Waals surface area contributed by atoms with Crippen molar-refractivity contribution in [3.63, 3.8) is 0 Å². The molecule has 0 unspecified atom stereocenters.